The fraction of sp³-hybridized carbons (Fsp3) is 0.200. The first kappa shape index (κ1) is 16.6. The van der Waals surface area contributed by atoms with Gasteiger partial charge in [0.1, 0.15) is 0 Å². The predicted molar refractivity (Wildman–Crippen MR) is 88.0 cm³/mol. The third-order valence-electron chi connectivity index (χ3n) is 2.86. The molecule has 0 saturated heterocycles. The molecule has 0 unspecified atom stereocenters. The van der Waals surface area contributed by atoms with Crippen LogP contribution in [0.3, 0.4) is 0 Å². The molecule has 2 rings (SSSR count). The van der Waals surface area contributed by atoms with Crippen molar-refractivity contribution < 1.29 is 14.5 Å². The number of carbonyl (C=O) groups is 1. The first-order valence-corrected chi connectivity index (χ1v) is 7.58. The number of nitrogens with zero attached hydrogens (tertiary/aromatic N) is 2. The van der Waals surface area contributed by atoms with Gasteiger partial charge in [-0.15, -0.1) is 11.3 Å². The molecule has 8 heteroatoms. The van der Waals surface area contributed by atoms with E-state index in [4.69, 9.17) is 4.74 Å². The molecule has 0 radical (unpaired) electrons. The summed E-state index contributed by atoms with van der Waals surface area (Å²) in [5.41, 5.74) is 2.16. The Morgan fingerprint density at radius 1 is 1.39 bits per heavy atom. The van der Waals surface area contributed by atoms with E-state index in [2.05, 4.69) is 10.5 Å². The molecule has 1 aromatic heterocycles. The quantitative estimate of drug-likeness (QED) is 0.499. The number of nitro benzene ring substituents is 1. The van der Waals surface area contributed by atoms with Crippen molar-refractivity contribution in [3.63, 3.8) is 0 Å². The molecule has 7 nitrogen and oxygen atoms in total. The van der Waals surface area contributed by atoms with Crippen LogP contribution in [0.15, 0.2) is 41.5 Å². The topological polar surface area (TPSA) is 93.8 Å². The van der Waals surface area contributed by atoms with E-state index >= 15 is 0 Å². The molecule has 1 atom stereocenters. The molecule has 1 heterocycles. The van der Waals surface area contributed by atoms with Crippen LogP contribution in [-0.2, 0) is 4.79 Å². The lowest BCUT2D eigenvalue weighted by molar-refractivity contribution is -0.386. The third-order valence-corrected chi connectivity index (χ3v) is 3.80. The highest BCUT2D eigenvalue weighted by Crippen LogP contribution is 2.26. The van der Waals surface area contributed by atoms with Gasteiger partial charge in [0.15, 0.2) is 11.9 Å². The van der Waals surface area contributed by atoms with Crippen molar-refractivity contribution in [1.29, 1.82) is 0 Å². The predicted octanol–water partition coefficient (Wildman–Crippen LogP) is 2.88. The van der Waals surface area contributed by atoms with Crippen LogP contribution in [0.4, 0.5) is 5.69 Å². The maximum atomic E-state index is 11.9. The number of hydrazone groups is 1. The van der Waals surface area contributed by atoms with Gasteiger partial charge in [0.05, 0.1) is 11.1 Å². The summed E-state index contributed by atoms with van der Waals surface area (Å²) in [5.74, 6) is -0.453. The molecule has 23 heavy (non-hydrogen) atoms. The molecule has 1 amide bonds. The fourth-order valence-electron chi connectivity index (χ4n) is 1.72. The number of hydrogen-bond acceptors (Lipinski definition) is 6. The van der Waals surface area contributed by atoms with Crippen molar-refractivity contribution in [2.75, 3.05) is 0 Å². The van der Waals surface area contributed by atoms with E-state index in [1.54, 1.807) is 17.4 Å². The first-order valence-electron chi connectivity index (χ1n) is 6.77. The van der Waals surface area contributed by atoms with Crippen LogP contribution in [0.25, 0.3) is 0 Å². The molecule has 0 fully saturated rings. The number of thiophene rings is 1. The van der Waals surface area contributed by atoms with E-state index in [9.17, 15) is 14.9 Å². The second-order valence-corrected chi connectivity index (χ2v) is 5.99. The molecule has 2 aromatic rings. The number of hydrogen-bond donors (Lipinski definition) is 1. The van der Waals surface area contributed by atoms with Crippen molar-refractivity contribution in [2.24, 2.45) is 5.10 Å². The van der Waals surface area contributed by atoms with Crippen LogP contribution in [0.5, 0.6) is 5.75 Å². The van der Waals surface area contributed by atoms with Crippen LogP contribution in [-0.4, -0.2) is 23.1 Å². The van der Waals surface area contributed by atoms with Crippen molar-refractivity contribution in [3.8, 4) is 5.75 Å². The Bertz CT molecular complexity index is 742. The Morgan fingerprint density at radius 3 is 2.78 bits per heavy atom. The van der Waals surface area contributed by atoms with Crippen molar-refractivity contribution in [2.45, 2.75) is 20.0 Å². The summed E-state index contributed by atoms with van der Waals surface area (Å²) < 4.78 is 5.35. The number of aryl methyl sites for hydroxylation is 1. The molecule has 0 spiro atoms. The number of rotatable bonds is 6. The van der Waals surface area contributed by atoms with Crippen LogP contribution in [0.2, 0.25) is 0 Å². The minimum atomic E-state index is -0.918. The number of amides is 1. The van der Waals surface area contributed by atoms with E-state index in [0.717, 1.165) is 9.75 Å². The zero-order valence-electron chi connectivity index (χ0n) is 12.6. The summed E-state index contributed by atoms with van der Waals surface area (Å²) >= 11 is 1.55. The summed E-state index contributed by atoms with van der Waals surface area (Å²) in [7, 11) is 0. The van der Waals surface area contributed by atoms with E-state index < -0.39 is 16.9 Å². The Kier molecular flexibility index (Phi) is 5.42. The Morgan fingerprint density at radius 2 is 2.13 bits per heavy atom. The molecule has 1 N–H and O–H groups in total. The van der Waals surface area contributed by atoms with Gasteiger partial charge in [0.2, 0.25) is 0 Å². The minimum absolute atomic E-state index is 0.0398. The summed E-state index contributed by atoms with van der Waals surface area (Å²) in [6.07, 6.45) is 0.617. The van der Waals surface area contributed by atoms with E-state index in [0.29, 0.717) is 0 Å². The number of nitro groups is 1. The van der Waals surface area contributed by atoms with Gasteiger partial charge in [-0.05, 0) is 32.0 Å². The number of para-hydroxylation sites is 2. The maximum Gasteiger partial charge on any atom is 0.310 e. The monoisotopic (exact) mass is 333 g/mol. The van der Waals surface area contributed by atoms with Gasteiger partial charge in [-0.3, -0.25) is 14.9 Å². The standard InChI is InChI=1S/C15H15N3O4S/c1-10-7-8-12(23-10)9-16-17-15(19)11(2)22-14-6-4-3-5-13(14)18(20)21/h3-9,11H,1-2H3,(H,17,19)/b16-9-/t11-/m0/s1. The summed E-state index contributed by atoms with van der Waals surface area (Å²) in [6.45, 7) is 3.47. The SMILES string of the molecule is Cc1ccc(/C=N\NC(=O)[C@H](C)Oc2ccccc2[N+](=O)[O-])s1. The van der Waals surface area contributed by atoms with E-state index in [1.807, 2.05) is 19.1 Å². The normalized spacial score (nSPS) is 12.1. The molecule has 0 aliphatic carbocycles. The Balaban J connectivity index is 1.95. The highest BCUT2D eigenvalue weighted by molar-refractivity contribution is 7.13. The number of ether oxygens (including phenoxy) is 1. The molecular formula is C15H15N3O4S. The van der Waals surface area contributed by atoms with Gasteiger partial charge in [0.25, 0.3) is 5.91 Å². The zero-order valence-corrected chi connectivity index (χ0v) is 13.4. The van der Waals surface area contributed by atoms with E-state index in [-0.39, 0.29) is 11.4 Å². The van der Waals surface area contributed by atoms with Crippen LogP contribution in [0.1, 0.15) is 16.7 Å². The van der Waals surface area contributed by atoms with Gasteiger partial charge in [0, 0.05) is 15.8 Å². The van der Waals surface area contributed by atoms with E-state index in [1.165, 1.54) is 31.3 Å². The average Bonchev–Trinajstić information content (AvgIpc) is 2.93. The minimum Gasteiger partial charge on any atom is -0.474 e. The number of carbonyl (C=O) groups excluding carboxylic acids is 1. The first-order chi connectivity index (χ1) is 11.0. The summed E-state index contributed by atoms with van der Waals surface area (Å²) in [6, 6.07) is 9.74. The van der Waals surface area contributed by atoms with Gasteiger partial charge in [-0.2, -0.15) is 5.10 Å². The van der Waals surface area contributed by atoms with Crippen molar-refractivity contribution in [3.05, 3.63) is 56.3 Å². The molecule has 0 aliphatic rings. The lowest BCUT2D eigenvalue weighted by Crippen LogP contribution is -2.33. The largest absolute Gasteiger partial charge is 0.474 e. The Labute approximate surface area is 136 Å². The molecular weight excluding hydrogens is 318 g/mol. The van der Waals surface area contributed by atoms with Crippen LogP contribution >= 0.6 is 11.3 Å². The number of benzene rings is 1. The molecule has 0 bridgehead atoms. The van der Waals surface area contributed by atoms with Crippen LogP contribution in [0, 0.1) is 17.0 Å². The molecule has 120 valence electrons. The second-order valence-electron chi connectivity index (χ2n) is 4.67. The number of nitrogens with one attached hydrogen (secondary N) is 1. The molecule has 0 aliphatic heterocycles. The zero-order chi connectivity index (χ0) is 16.8. The summed E-state index contributed by atoms with van der Waals surface area (Å²) in [5, 5.41) is 14.8. The lowest BCUT2D eigenvalue weighted by atomic mass is 10.3. The average molecular weight is 333 g/mol. The molecule has 0 saturated carbocycles. The van der Waals surface area contributed by atoms with Crippen molar-refractivity contribution >= 4 is 29.1 Å². The smallest absolute Gasteiger partial charge is 0.310 e. The third kappa shape index (κ3) is 4.62. The highest BCUT2D eigenvalue weighted by atomic mass is 32.1. The van der Waals surface area contributed by atoms with Gasteiger partial charge in [-0.25, -0.2) is 5.43 Å². The van der Waals surface area contributed by atoms with Gasteiger partial charge in [-0.1, -0.05) is 12.1 Å². The van der Waals surface area contributed by atoms with Gasteiger partial charge < -0.3 is 4.74 Å². The summed E-state index contributed by atoms with van der Waals surface area (Å²) in [4.78, 5) is 24.3. The second kappa shape index (κ2) is 7.50. The van der Waals surface area contributed by atoms with Crippen LogP contribution < -0.4 is 10.2 Å². The Hall–Kier alpha value is -2.74. The molecule has 1 aromatic carbocycles. The van der Waals surface area contributed by atoms with Crippen molar-refractivity contribution in [1.82, 2.24) is 5.43 Å². The lowest BCUT2D eigenvalue weighted by Gasteiger charge is -2.12. The van der Waals surface area contributed by atoms with Gasteiger partial charge >= 0.3 is 5.69 Å². The highest BCUT2D eigenvalue weighted by Gasteiger charge is 2.20. The fourth-order valence-corrected chi connectivity index (χ4v) is 2.47. The maximum absolute atomic E-state index is 11.9.